The smallest absolute Gasteiger partial charge is 0.227 e. The van der Waals surface area contributed by atoms with Gasteiger partial charge in [0.2, 0.25) is 11.8 Å². The van der Waals surface area contributed by atoms with E-state index in [4.69, 9.17) is 14.5 Å². The molecule has 8 heteroatoms. The highest BCUT2D eigenvalue weighted by atomic mass is 16.5. The third kappa shape index (κ3) is 3.69. The van der Waals surface area contributed by atoms with Gasteiger partial charge in [-0.05, 0) is 54.9 Å². The van der Waals surface area contributed by atoms with Crippen molar-refractivity contribution < 1.29 is 9.47 Å². The van der Waals surface area contributed by atoms with Crippen LogP contribution in [0.4, 0.5) is 11.6 Å². The zero-order valence-corrected chi connectivity index (χ0v) is 18.3. The molecule has 0 amide bonds. The van der Waals surface area contributed by atoms with Gasteiger partial charge < -0.3 is 19.7 Å². The quantitative estimate of drug-likeness (QED) is 0.513. The minimum absolute atomic E-state index is 0.469. The summed E-state index contributed by atoms with van der Waals surface area (Å²) in [5, 5.41) is 4.23. The number of methoxy groups -OCH3 is 2. The van der Waals surface area contributed by atoms with E-state index in [0.29, 0.717) is 23.0 Å². The van der Waals surface area contributed by atoms with E-state index in [1.54, 1.807) is 32.8 Å². The maximum Gasteiger partial charge on any atom is 0.227 e. The van der Waals surface area contributed by atoms with Crippen molar-refractivity contribution in [2.45, 2.75) is 13.0 Å². The predicted octanol–water partition coefficient (Wildman–Crippen LogP) is 3.84. The molecule has 0 atom stereocenters. The summed E-state index contributed by atoms with van der Waals surface area (Å²) in [5.41, 5.74) is 5.63. The largest absolute Gasteiger partial charge is 0.495 e. The first-order chi connectivity index (χ1) is 15.7. The third-order valence-corrected chi connectivity index (χ3v) is 5.69. The normalized spacial score (nSPS) is 13.6. The maximum absolute atomic E-state index is 5.65. The van der Waals surface area contributed by atoms with E-state index in [-0.39, 0.29) is 0 Å². The molecule has 0 unspecified atom stereocenters. The van der Waals surface area contributed by atoms with Crippen molar-refractivity contribution in [3.05, 3.63) is 60.0 Å². The molecular formula is C24H24N6O2. The van der Waals surface area contributed by atoms with Crippen molar-refractivity contribution >= 4 is 22.5 Å². The van der Waals surface area contributed by atoms with Gasteiger partial charge in [-0.2, -0.15) is 0 Å². The van der Waals surface area contributed by atoms with Crippen LogP contribution in [-0.4, -0.2) is 52.6 Å². The van der Waals surface area contributed by atoms with E-state index in [9.17, 15) is 0 Å². The highest BCUT2D eigenvalue weighted by molar-refractivity contribution is 5.92. The molecule has 1 aromatic carbocycles. The molecule has 162 valence electrons. The molecule has 0 aliphatic carbocycles. The van der Waals surface area contributed by atoms with E-state index in [1.165, 1.54) is 11.1 Å². The fourth-order valence-corrected chi connectivity index (χ4v) is 4.06. The molecule has 1 aliphatic rings. The van der Waals surface area contributed by atoms with Crippen LogP contribution in [0.2, 0.25) is 0 Å². The summed E-state index contributed by atoms with van der Waals surface area (Å²) in [6.07, 6.45) is 6.23. The van der Waals surface area contributed by atoms with Gasteiger partial charge in [0.15, 0.2) is 0 Å². The van der Waals surface area contributed by atoms with E-state index in [0.717, 1.165) is 41.9 Å². The monoisotopic (exact) mass is 428 g/mol. The average molecular weight is 428 g/mol. The zero-order chi connectivity index (χ0) is 22.1. The maximum atomic E-state index is 5.65. The van der Waals surface area contributed by atoms with Crippen LogP contribution in [0.3, 0.4) is 0 Å². The molecule has 1 N–H and O–H groups in total. The predicted molar refractivity (Wildman–Crippen MR) is 123 cm³/mol. The number of aromatic nitrogens is 4. The number of rotatable bonds is 5. The average Bonchev–Trinajstić information content (AvgIpc) is 2.83. The van der Waals surface area contributed by atoms with Crippen molar-refractivity contribution in [1.82, 2.24) is 24.8 Å². The minimum atomic E-state index is 0.469. The highest BCUT2D eigenvalue weighted by Gasteiger charge is 2.18. The molecule has 4 aromatic rings. The number of likely N-dealkylation sites (N-methyl/N-ethyl adjacent to an activating group) is 1. The Morgan fingerprint density at radius 3 is 2.75 bits per heavy atom. The molecule has 5 rings (SSSR count). The van der Waals surface area contributed by atoms with Gasteiger partial charge in [-0.15, -0.1) is 0 Å². The van der Waals surface area contributed by atoms with Gasteiger partial charge in [0.25, 0.3) is 0 Å². The number of pyridine rings is 2. The zero-order valence-electron chi connectivity index (χ0n) is 18.3. The lowest BCUT2D eigenvalue weighted by molar-refractivity contribution is 0.312. The molecule has 0 bridgehead atoms. The summed E-state index contributed by atoms with van der Waals surface area (Å²) in [6, 6.07) is 9.91. The first-order valence-electron chi connectivity index (χ1n) is 10.4. The first-order valence-corrected chi connectivity index (χ1v) is 10.4. The lowest BCUT2D eigenvalue weighted by Gasteiger charge is -2.26. The molecule has 8 nitrogen and oxygen atoms in total. The molecule has 32 heavy (non-hydrogen) atoms. The molecule has 0 radical (unpaired) electrons. The number of hydrogen-bond acceptors (Lipinski definition) is 8. The Labute approximate surface area is 186 Å². The summed E-state index contributed by atoms with van der Waals surface area (Å²) in [7, 11) is 5.41. The second-order valence-electron chi connectivity index (χ2n) is 7.79. The minimum Gasteiger partial charge on any atom is -0.495 e. The molecule has 1 aliphatic heterocycles. The Kier molecular flexibility index (Phi) is 5.28. The number of hydrogen-bond donors (Lipinski definition) is 1. The lowest BCUT2D eigenvalue weighted by atomic mass is 9.99. The summed E-state index contributed by atoms with van der Waals surface area (Å²) in [4.78, 5) is 20.5. The van der Waals surface area contributed by atoms with Gasteiger partial charge in [0.1, 0.15) is 17.0 Å². The lowest BCUT2D eigenvalue weighted by Crippen LogP contribution is -2.26. The van der Waals surface area contributed by atoms with Crippen LogP contribution in [0.5, 0.6) is 11.6 Å². The SMILES string of the molecule is COc1cc2c(cc1Nc1ncc3ccnc(-c4cccnc4OC)c3n1)CN(C)CC2. The Morgan fingerprint density at radius 2 is 1.91 bits per heavy atom. The fraction of sp³-hybridized carbons (Fsp3) is 0.250. The first kappa shape index (κ1) is 20.1. The molecule has 4 heterocycles. The second-order valence-corrected chi connectivity index (χ2v) is 7.79. The van der Waals surface area contributed by atoms with Crippen molar-refractivity contribution in [2.75, 3.05) is 33.1 Å². The van der Waals surface area contributed by atoms with Crippen LogP contribution in [0.25, 0.3) is 22.2 Å². The van der Waals surface area contributed by atoms with Gasteiger partial charge in [0.05, 0.1) is 25.5 Å². The molecule has 3 aromatic heterocycles. The number of benzene rings is 1. The van der Waals surface area contributed by atoms with Crippen molar-refractivity contribution in [3.8, 4) is 22.9 Å². The van der Waals surface area contributed by atoms with Gasteiger partial charge in [-0.1, -0.05) is 0 Å². The Bertz CT molecular complexity index is 1290. The van der Waals surface area contributed by atoms with Crippen LogP contribution >= 0.6 is 0 Å². The Morgan fingerprint density at radius 1 is 1.00 bits per heavy atom. The molecule has 0 saturated carbocycles. The number of fused-ring (bicyclic) bond motifs is 2. The van der Waals surface area contributed by atoms with Crippen LogP contribution in [0, 0.1) is 0 Å². The van der Waals surface area contributed by atoms with E-state index in [1.807, 2.05) is 18.2 Å². The van der Waals surface area contributed by atoms with Crippen molar-refractivity contribution in [3.63, 3.8) is 0 Å². The number of anilines is 2. The molecular weight excluding hydrogens is 404 g/mol. The van der Waals surface area contributed by atoms with Crippen molar-refractivity contribution in [2.24, 2.45) is 0 Å². The molecule has 0 fully saturated rings. The summed E-state index contributed by atoms with van der Waals surface area (Å²) in [5.74, 6) is 1.75. The van der Waals surface area contributed by atoms with Crippen LogP contribution in [0.1, 0.15) is 11.1 Å². The van der Waals surface area contributed by atoms with Gasteiger partial charge in [-0.25, -0.2) is 15.0 Å². The highest BCUT2D eigenvalue weighted by Crippen LogP contribution is 2.34. The van der Waals surface area contributed by atoms with E-state index in [2.05, 4.69) is 44.3 Å². The third-order valence-electron chi connectivity index (χ3n) is 5.69. The van der Waals surface area contributed by atoms with Crippen LogP contribution < -0.4 is 14.8 Å². The number of nitrogens with zero attached hydrogens (tertiary/aromatic N) is 5. The molecule has 0 saturated heterocycles. The van der Waals surface area contributed by atoms with Crippen molar-refractivity contribution in [1.29, 1.82) is 0 Å². The second kappa shape index (κ2) is 8.39. The Balaban J connectivity index is 1.57. The standard InChI is InChI=1S/C24H24N6O2/c1-30-10-7-15-12-20(31-2)19(11-17(15)14-30)28-24-27-13-16-6-9-25-22(21(16)29-24)18-5-4-8-26-23(18)32-3/h4-6,8-9,11-13H,7,10,14H2,1-3H3,(H,27,28,29). The summed E-state index contributed by atoms with van der Waals surface area (Å²) < 4.78 is 11.1. The number of ether oxygens (including phenoxy) is 2. The topological polar surface area (TPSA) is 85.3 Å². The van der Waals surface area contributed by atoms with Crippen LogP contribution in [0.15, 0.2) is 48.9 Å². The summed E-state index contributed by atoms with van der Waals surface area (Å²) >= 11 is 0. The summed E-state index contributed by atoms with van der Waals surface area (Å²) in [6.45, 7) is 1.95. The van der Waals surface area contributed by atoms with Crippen LogP contribution in [-0.2, 0) is 13.0 Å². The fourth-order valence-electron chi connectivity index (χ4n) is 4.06. The molecule has 0 spiro atoms. The van der Waals surface area contributed by atoms with Gasteiger partial charge >= 0.3 is 0 Å². The van der Waals surface area contributed by atoms with E-state index < -0.39 is 0 Å². The van der Waals surface area contributed by atoms with E-state index >= 15 is 0 Å². The van der Waals surface area contributed by atoms with Gasteiger partial charge in [0, 0.05) is 37.1 Å². The van der Waals surface area contributed by atoms with Gasteiger partial charge in [-0.3, -0.25) is 4.98 Å². The Hall–Kier alpha value is -3.78. The number of nitrogens with one attached hydrogen (secondary N) is 1.